The summed E-state index contributed by atoms with van der Waals surface area (Å²) in [6, 6.07) is 0. The van der Waals surface area contributed by atoms with Crippen molar-refractivity contribution in [2.24, 2.45) is 0 Å². The number of carbonyl (C=O) groups is 1. The summed E-state index contributed by atoms with van der Waals surface area (Å²) in [5.74, 6) is -0.739. The largest absolute Gasteiger partial charge is 0.368 e. The van der Waals surface area contributed by atoms with Gasteiger partial charge in [0.25, 0.3) is 0 Å². The lowest BCUT2D eigenvalue weighted by Gasteiger charge is -1.96. The second kappa shape index (κ2) is 8.91. The van der Waals surface area contributed by atoms with E-state index in [-0.39, 0.29) is 0 Å². The monoisotopic (exact) mass is 158 g/mol. The number of rotatable bonds is 3. The first-order valence-electron chi connectivity index (χ1n) is 3.26. The summed E-state index contributed by atoms with van der Waals surface area (Å²) in [6.07, 6.45) is 1.40. The van der Waals surface area contributed by atoms with E-state index in [1.165, 1.54) is 0 Å². The molecule has 0 saturated carbocycles. The Labute approximate surface area is 66.9 Å². The molecule has 1 N–H and O–H groups in total. The van der Waals surface area contributed by atoms with E-state index in [1.807, 2.05) is 6.92 Å². The van der Waals surface area contributed by atoms with Crippen molar-refractivity contribution in [3.63, 3.8) is 0 Å². The Morgan fingerprint density at radius 2 is 2.00 bits per heavy atom. The van der Waals surface area contributed by atoms with Crippen molar-refractivity contribution in [3.8, 4) is 0 Å². The van der Waals surface area contributed by atoms with E-state index < -0.39 is 5.97 Å². The highest BCUT2D eigenvalue weighted by Crippen LogP contribution is 2.01. The van der Waals surface area contributed by atoms with Crippen LogP contribution in [0.5, 0.6) is 0 Å². The molecule has 64 valence electrons. The standard InChI is InChI=1S/C6H10O3.C2H4/c1-3-4-5(2)6(7)9-8;1-2/h8H,2-4H2,1H3;1-2H2. The zero-order valence-electron chi connectivity index (χ0n) is 6.80. The van der Waals surface area contributed by atoms with Crippen LogP contribution in [0.1, 0.15) is 19.8 Å². The van der Waals surface area contributed by atoms with E-state index in [0.717, 1.165) is 6.42 Å². The van der Waals surface area contributed by atoms with E-state index in [4.69, 9.17) is 5.26 Å². The van der Waals surface area contributed by atoms with Crippen LogP contribution >= 0.6 is 0 Å². The summed E-state index contributed by atoms with van der Waals surface area (Å²) in [6.45, 7) is 11.3. The van der Waals surface area contributed by atoms with Crippen LogP contribution in [0, 0.1) is 0 Å². The van der Waals surface area contributed by atoms with Crippen LogP contribution in [-0.2, 0) is 9.68 Å². The average Bonchev–Trinajstić information content (AvgIpc) is 2.07. The predicted octanol–water partition coefficient (Wildman–Crippen LogP) is 2.16. The van der Waals surface area contributed by atoms with Gasteiger partial charge in [-0.3, -0.25) is 4.89 Å². The van der Waals surface area contributed by atoms with Gasteiger partial charge in [0.2, 0.25) is 0 Å². The molecule has 0 aliphatic carbocycles. The van der Waals surface area contributed by atoms with Crippen molar-refractivity contribution in [1.82, 2.24) is 0 Å². The van der Waals surface area contributed by atoms with Crippen molar-refractivity contribution in [2.75, 3.05) is 0 Å². The van der Waals surface area contributed by atoms with Crippen LogP contribution in [0.15, 0.2) is 25.3 Å². The van der Waals surface area contributed by atoms with Gasteiger partial charge in [-0.15, -0.1) is 13.2 Å². The maximum absolute atomic E-state index is 10.3. The Morgan fingerprint density at radius 1 is 1.55 bits per heavy atom. The topological polar surface area (TPSA) is 46.5 Å². The van der Waals surface area contributed by atoms with E-state index in [9.17, 15) is 4.79 Å². The Bertz CT molecular complexity index is 129. The molecule has 0 atom stereocenters. The molecule has 0 amide bonds. The summed E-state index contributed by atoms with van der Waals surface area (Å²) < 4.78 is 0. The molecule has 0 bridgehead atoms. The number of carbonyl (C=O) groups excluding carboxylic acids is 1. The van der Waals surface area contributed by atoms with Crippen LogP contribution in [-0.4, -0.2) is 11.2 Å². The third-order valence-corrected chi connectivity index (χ3v) is 0.923. The summed E-state index contributed by atoms with van der Waals surface area (Å²) in [5, 5.41) is 7.82. The lowest BCUT2D eigenvalue weighted by atomic mass is 10.2. The molecule has 0 aliphatic rings. The average molecular weight is 158 g/mol. The molecule has 3 nitrogen and oxygen atoms in total. The second-order valence-corrected chi connectivity index (χ2v) is 1.73. The predicted molar refractivity (Wildman–Crippen MR) is 44.0 cm³/mol. The van der Waals surface area contributed by atoms with E-state index in [2.05, 4.69) is 24.6 Å². The van der Waals surface area contributed by atoms with Gasteiger partial charge in [-0.2, -0.15) is 5.26 Å². The van der Waals surface area contributed by atoms with Gasteiger partial charge in [-0.1, -0.05) is 19.9 Å². The van der Waals surface area contributed by atoms with E-state index >= 15 is 0 Å². The lowest BCUT2D eigenvalue weighted by Crippen LogP contribution is -2.02. The third-order valence-electron chi connectivity index (χ3n) is 0.923. The van der Waals surface area contributed by atoms with Gasteiger partial charge >= 0.3 is 5.97 Å². The van der Waals surface area contributed by atoms with E-state index in [1.54, 1.807) is 0 Å². The fraction of sp³-hybridized carbons (Fsp3) is 0.375. The van der Waals surface area contributed by atoms with Crippen LogP contribution in [0.3, 0.4) is 0 Å². The lowest BCUT2D eigenvalue weighted by molar-refractivity contribution is -0.229. The quantitative estimate of drug-likeness (QED) is 0.296. The minimum Gasteiger partial charge on any atom is -0.296 e. The molecule has 0 unspecified atom stereocenters. The summed E-state index contributed by atoms with van der Waals surface area (Å²) in [5.41, 5.74) is 0.306. The zero-order valence-corrected chi connectivity index (χ0v) is 6.80. The van der Waals surface area contributed by atoms with Crippen molar-refractivity contribution in [2.45, 2.75) is 19.8 Å². The minimum atomic E-state index is -0.739. The normalized spacial score (nSPS) is 7.45. The van der Waals surface area contributed by atoms with Gasteiger partial charge in [0.05, 0.1) is 0 Å². The Hall–Kier alpha value is -1.09. The molecule has 0 spiro atoms. The first kappa shape index (κ1) is 12.6. The SMILES string of the molecule is C=C.C=C(CCC)C(=O)OO. The van der Waals surface area contributed by atoms with Crippen molar-refractivity contribution in [3.05, 3.63) is 25.3 Å². The molecular formula is C8H14O3. The van der Waals surface area contributed by atoms with Gasteiger partial charge < -0.3 is 0 Å². The van der Waals surface area contributed by atoms with Crippen LogP contribution in [0.2, 0.25) is 0 Å². The highest BCUT2D eigenvalue weighted by molar-refractivity contribution is 5.86. The first-order valence-corrected chi connectivity index (χ1v) is 3.26. The van der Waals surface area contributed by atoms with Gasteiger partial charge in [-0.25, -0.2) is 4.79 Å². The fourth-order valence-corrected chi connectivity index (χ4v) is 0.468. The minimum absolute atomic E-state index is 0.306. The van der Waals surface area contributed by atoms with Crippen LogP contribution in [0.4, 0.5) is 0 Å². The van der Waals surface area contributed by atoms with Gasteiger partial charge in [0.1, 0.15) is 0 Å². The molecular weight excluding hydrogens is 144 g/mol. The van der Waals surface area contributed by atoms with Crippen LogP contribution in [0.25, 0.3) is 0 Å². The second-order valence-electron chi connectivity index (χ2n) is 1.73. The van der Waals surface area contributed by atoms with Crippen molar-refractivity contribution >= 4 is 5.97 Å². The molecule has 0 rings (SSSR count). The summed E-state index contributed by atoms with van der Waals surface area (Å²) >= 11 is 0. The highest BCUT2D eigenvalue weighted by atomic mass is 17.1. The van der Waals surface area contributed by atoms with E-state index in [0.29, 0.717) is 12.0 Å². The van der Waals surface area contributed by atoms with Gasteiger partial charge in [-0.05, 0) is 6.42 Å². The first-order chi connectivity index (χ1) is 5.22. The maximum atomic E-state index is 10.3. The van der Waals surface area contributed by atoms with Crippen molar-refractivity contribution < 1.29 is 14.9 Å². The Balaban J connectivity index is 0. The number of hydrogen-bond donors (Lipinski definition) is 1. The van der Waals surface area contributed by atoms with Gasteiger partial charge in [0, 0.05) is 5.57 Å². The smallest absolute Gasteiger partial charge is 0.296 e. The number of hydrogen-bond acceptors (Lipinski definition) is 3. The fourth-order valence-electron chi connectivity index (χ4n) is 0.468. The van der Waals surface area contributed by atoms with Crippen molar-refractivity contribution in [1.29, 1.82) is 0 Å². The zero-order chi connectivity index (χ0) is 9.28. The highest BCUT2D eigenvalue weighted by Gasteiger charge is 2.04. The molecule has 0 aromatic heterocycles. The molecule has 0 aromatic carbocycles. The molecule has 0 heterocycles. The third kappa shape index (κ3) is 6.80. The van der Waals surface area contributed by atoms with Crippen LogP contribution < -0.4 is 0 Å². The molecule has 0 fully saturated rings. The molecule has 0 aromatic rings. The molecule has 0 radical (unpaired) electrons. The Kier molecular flexibility index (Phi) is 10.2. The summed E-state index contributed by atoms with van der Waals surface area (Å²) in [7, 11) is 0. The summed E-state index contributed by atoms with van der Waals surface area (Å²) in [4.78, 5) is 13.8. The molecule has 0 aliphatic heterocycles. The molecule has 11 heavy (non-hydrogen) atoms. The molecule has 0 saturated heterocycles. The van der Waals surface area contributed by atoms with Gasteiger partial charge in [0.15, 0.2) is 0 Å². The molecule has 3 heteroatoms. The Morgan fingerprint density at radius 3 is 2.27 bits per heavy atom. The maximum Gasteiger partial charge on any atom is 0.368 e.